The lowest BCUT2D eigenvalue weighted by atomic mass is 10.0. The normalized spacial score (nSPS) is 32.2. The minimum atomic E-state index is -1.02. The number of amides is 6. The Morgan fingerprint density at radius 1 is 0.765 bits per heavy atom. The van der Waals surface area contributed by atoms with Crippen LogP contribution < -0.4 is 0 Å². The highest BCUT2D eigenvalue weighted by molar-refractivity contribution is 6.07. The number of imide groups is 2. The number of nitrogens with zero attached hydrogens (tertiary/aromatic N) is 4. The van der Waals surface area contributed by atoms with Crippen LogP contribution in [0, 0.1) is 0 Å². The molecule has 12 heteroatoms. The van der Waals surface area contributed by atoms with Gasteiger partial charge in [0.1, 0.15) is 17.2 Å². The molecule has 5 rings (SSSR count). The molecular formula is C22H32N4O8. The number of epoxide rings is 3. The summed E-state index contributed by atoms with van der Waals surface area (Å²) in [6, 6.07) is -0.845. The maximum absolute atomic E-state index is 13.2. The molecule has 6 amide bonds. The Morgan fingerprint density at radius 2 is 1.15 bits per heavy atom. The number of hydrogen-bond donors (Lipinski definition) is 0. The average molecular weight is 481 g/mol. The second-order valence-electron chi connectivity index (χ2n) is 10.6. The molecule has 0 aromatic rings. The van der Waals surface area contributed by atoms with Gasteiger partial charge in [0.05, 0.1) is 70.9 Å². The van der Waals surface area contributed by atoms with Gasteiger partial charge < -0.3 is 28.7 Å². The van der Waals surface area contributed by atoms with Crippen LogP contribution in [0.3, 0.4) is 0 Å². The van der Waals surface area contributed by atoms with Crippen molar-refractivity contribution in [1.29, 1.82) is 0 Å². The van der Waals surface area contributed by atoms with Crippen LogP contribution in [0.2, 0.25) is 0 Å². The van der Waals surface area contributed by atoms with Crippen LogP contribution in [0.4, 0.5) is 9.59 Å². The first-order chi connectivity index (χ1) is 16.0. The molecular weight excluding hydrogens is 448 g/mol. The predicted molar refractivity (Wildman–Crippen MR) is 115 cm³/mol. The molecule has 0 spiro atoms. The second-order valence-corrected chi connectivity index (χ2v) is 10.6. The topological polar surface area (TPSA) is 128 Å². The van der Waals surface area contributed by atoms with Crippen LogP contribution in [-0.2, 0) is 28.5 Å². The highest BCUT2D eigenvalue weighted by atomic mass is 16.6. The van der Waals surface area contributed by atoms with Gasteiger partial charge in [-0.2, -0.15) is 0 Å². The summed E-state index contributed by atoms with van der Waals surface area (Å²) in [5, 5.41) is 0. The summed E-state index contributed by atoms with van der Waals surface area (Å²) in [6.45, 7) is 9.32. The van der Waals surface area contributed by atoms with Gasteiger partial charge in [-0.25, -0.2) is 9.59 Å². The van der Waals surface area contributed by atoms with Crippen molar-refractivity contribution in [2.45, 2.75) is 63.2 Å². The van der Waals surface area contributed by atoms with Crippen molar-refractivity contribution in [3.8, 4) is 0 Å². The number of hydrogen-bond acceptors (Lipinski definition) is 8. The summed E-state index contributed by atoms with van der Waals surface area (Å²) < 4.78 is 21.7. The van der Waals surface area contributed by atoms with Crippen molar-refractivity contribution >= 4 is 23.9 Å². The van der Waals surface area contributed by atoms with Crippen LogP contribution >= 0.6 is 0 Å². The van der Waals surface area contributed by atoms with E-state index in [0.29, 0.717) is 32.9 Å². The molecule has 0 aromatic carbocycles. The van der Waals surface area contributed by atoms with Gasteiger partial charge in [-0.3, -0.25) is 19.4 Å². The van der Waals surface area contributed by atoms with Gasteiger partial charge in [0, 0.05) is 0 Å². The van der Waals surface area contributed by atoms with E-state index in [0.717, 1.165) is 9.80 Å². The lowest BCUT2D eigenvalue weighted by Crippen LogP contribution is -2.47. The smallest absolute Gasteiger partial charge is 0.327 e. The lowest BCUT2D eigenvalue weighted by molar-refractivity contribution is -0.134. The SMILES string of the molecule is CC1(C)C(=O)N(CC(CN2C(=O)N(CC3CO3)C(C)(C)C2=O)OCC2CO2)C(=O)N1CC1CO1. The molecule has 0 radical (unpaired) electrons. The number of carbonyl (C=O) groups excluding carboxylic acids is 4. The van der Waals surface area contributed by atoms with Gasteiger partial charge in [0.2, 0.25) is 0 Å². The van der Waals surface area contributed by atoms with Gasteiger partial charge in [0.15, 0.2) is 0 Å². The molecule has 3 atom stereocenters. The van der Waals surface area contributed by atoms with Gasteiger partial charge in [-0.15, -0.1) is 0 Å². The molecule has 3 unspecified atom stereocenters. The van der Waals surface area contributed by atoms with Crippen LogP contribution in [0.5, 0.6) is 0 Å². The van der Waals surface area contributed by atoms with E-state index in [1.807, 2.05) is 0 Å². The van der Waals surface area contributed by atoms with Gasteiger partial charge in [-0.05, 0) is 27.7 Å². The van der Waals surface area contributed by atoms with E-state index in [1.54, 1.807) is 27.7 Å². The number of rotatable bonds is 11. The largest absolute Gasteiger partial charge is 0.372 e. The molecule has 12 nitrogen and oxygen atoms in total. The Morgan fingerprint density at radius 3 is 1.50 bits per heavy atom. The first-order valence-electron chi connectivity index (χ1n) is 11.7. The van der Waals surface area contributed by atoms with Crippen LogP contribution in [0.15, 0.2) is 0 Å². The van der Waals surface area contributed by atoms with Gasteiger partial charge in [-0.1, -0.05) is 0 Å². The van der Waals surface area contributed by atoms with Crippen molar-refractivity contribution in [3.05, 3.63) is 0 Å². The van der Waals surface area contributed by atoms with E-state index in [4.69, 9.17) is 18.9 Å². The van der Waals surface area contributed by atoms with Gasteiger partial charge in [0.25, 0.3) is 11.8 Å². The highest BCUT2D eigenvalue weighted by Gasteiger charge is 2.55. The summed E-state index contributed by atoms with van der Waals surface area (Å²) >= 11 is 0. The van der Waals surface area contributed by atoms with Gasteiger partial charge >= 0.3 is 12.1 Å². The fraction of sp³-hybridized carbons (Fsp3) is 0.818. The number of ether oxygens (including phenoxy) is 4. The monoisotopic (exact) mass is 480 g/mol. The summed E-state index contributed by atoms with van der Waals surface area (Å²) in [6.07, 6.45) is -0.916. The van der Waals surface area contributed by atoms with E-state index >= 15 is 0 Å². The summed E-state index contributed by atoms with van der Waals surface area (Å²) in [7, 11) is 0. The van der Waals surface area contributed by atoms with E-state index in [9.17, 15) is 19.2 Å². The molecule has 188 valence electrons. The molecule has 0 aromatic heterocycles. The standard InChI is InChI=1S/C22H32N4O8/c1-21(2)17(27)23(19(29)25(21)7-14-9-32-14)5-13(31-11-16-12-34-16)6-24-18(28)22(3,4)26(20(24)30)8-15-10-33-15/h13-16H,5-12H2,1-4H3. The van der Waals surface area contributed by atoms with E-state index in [1.165, 1.54) is 9.80 Å². The van der Waals surface area contributed by atoms with Crippen LogP contribution in [0.1, 0.15) is 27.7 Å². The average Bonchev–Trinajstić information content (AvgIpc) is 3.63. The zero-order valence-corrected chi connectivity index (χ0v) is 20.0. The molecule has 5 saturated heterocycles. The molecule has 0 N–H and O–H groups in total. The first-order valence-corrected chi connectivity index (χ1v) is 11.7. The Labute approximate surface area is 198 Å². The molecule has 5 heterocycles. The van der Waals surface area contributed by atoms with Crippen LogP contribution in [-0.4, -0.2) is 132 Å². The first kappa shape index (κ1) is 23.5. The molecule has 0 saturated carbocycles. The molecule has 0 aliphatic carbocycles. The minimum Gasteiger partial charge on any atom is -0.372 e. The van der Waals surface area contributed by atoms with Crippen molar-refractivity contribution in [1.82, 2.24) is 19.6 Å². The fourth-order valence-electron chi connectivity index (χ4n) is 4.50. The summed E-state index contributed by atoms with van der Waals surface area (Å²) in [5.74, 6) is -0.692. The Hall–Kier alpha value is -2.28. The van der Waals surface area contributed by atoms with E-state index in [-0.39, 0.29) is 49.8 Å². The molecule has 5 aliphatic heterocycles. The number of carbonyl (C=O) groups is 4. The summed E-state index contributed by atoms with van der Waals surface area (Å²) in [4.78, 5) is 58.0. The third-order valence-electron chi connectivity index (χ3n) is 7.08. The predicted octanol–water partition coefficient (Wildman–Crippen LogP) is -0.346. The highest BCUT2D eigenvalue weighted by Crippen LogP contribution is 2.32. The van der Waals surface area contributed by atoms with Crippen molar-refractivity contribution in [2.75, 3.05) is 52.6 Å². The van der Waals surface area contributed by atoms with E-state index < -0.39 is 29.2 Å². The Balaban J connectivity index is 1.31. The number of urea groups is 2. The summed E-state index contributed by atoms with van der Waals surface area (Å²) in [5.41, 5.74) is -2.04. The maximum Gasteiger partial charge on any atom is 0.327 e. The zero-order valence-electron chi connectivity index (χ0n) is 20.0. The molecule has 5 fully saturated rings. The Kier molecular flexibility index (Phi) is 5.62. The fourth-order valence-corrected chi connectivity index (χ4v) is 4.50. The molecule has 5 aliphatic rings. The van der Waals surface area contributed by atoms with Crippen molar-refractivity contribution < 1.29 is 38.1 Å². The lowest BCUT2D eigenvalue weighted by Gasteiger charge is -2.26. The van der Waals surface area contributed by atoms with E-state index in [2.05, 4.69) is 0 Å². The zero-order chi connectivity index (χ0) is 24.4. The second kappa shape index (κ2) is 8.14. The maximum atomic E-state index is 13.2. The third kappa shape index (κ3) is 4.28. The van der Waals surface area contributed by atoms with Crippen molar-refractivity contribution in [2.24, 2.45) is 0 Å². The third-order valence-corrected chi connectivity index (χ3v) is 7.08. The minimum absolute atomic E-state index is 0.0569. The Bertz CT molecular complexity index is 831. The molecule has 34 heavy (non-hydrogen) atoms. The molecule has 0 bridgehead atoms. The van der Waals surface area contributed by atoms with Crippen LogP contribution in [0.25, 0.3) is 0 Å². The van der Waals surface area contributed by atoms with Crippen molar-refractivity contribution in [3.63, 3.8) is 0 Å². The quantitative estimate of drug-likeness (QED) is 0.290.